The zero-order valence-corrected chi connectivity index (χ0v) is 17.1. The number of rotatable bonds is 5. The predicted octanol–water partition coefficient (Wildman–Crippen LogP) is 3.59. The maximum atomic E-state index is 12.6. The van der Waals surface area contributed by atoms with Gasteiger partial charge in [0.05, 0.1) is 13.0 Å². The predicted molar refractivity (Wildman–Crippen MR) is 111 cm³/mol. The summed E-state index contributed by atoms with van der Waals surface area (Å²) in [5, 5.41) is 8.96. The van der Waals surface area contributed by atoms with Crippen LogP contribution < -0.4 is 0 Å². The summed E-state index contributed by atoms with van der Waals surface area (Å²) in [6.07, 6.45) is 0.459. The molecule has 4 rings (SSSR count). The van der Waals surface area contributed by atoms with E-state index >= 15 is 0 Å². The second-order valence-electron chi connectivity index (χ2n) is 7.27. The molecule has 1 aromatic heterocycles. The maximum Gasteiger partial charge on any atom is 0.247 e. The molecule has 2 aromatic carbocycles. The normalized spacial score (nSPS) is 14.9. The Hall–Kier alpha value is -2.70. The van der Waals surface area contributed by atoms with E-state index in [0.717, 1.165) is 29.8 Å². The summed E-state index contributed by atoms with van der Waals surface area (Å²) < 4.78 is 5.79. The van der Waals surface area contributed by atoms with Crippen molar-refractivity contribution in [1.82, 2.24) is 20.0 Å². The Bertz CT molecular complexity index is 978. The lowest BCUT2D eigenvalue weighted by Gasteiger charge is -2.34. The Kier molecular flexibility index (Phi) is 5.92. The number of carbonyl (C=O) groups is 1. The molecule has 3 aromatic rings. The van der Waals surface area contributed by atoms with Crippen LogP contribution in [0.5, 0.6) is 0 Å². The monoisotopic (exact) mass is 410 g/mol. The van der Waals surface area contributed by atoms with Gasteiger partial charge in [-0.05, 0) is 42.3 Å². The minimum Gasteiger partial charge on any atom is -0.419 e. The smallest absolute Gasteiger partial charge is 0.247 e. The summed E-state index contributed by atoms with van der Waals surface area (Å²) in [6, 6.07) is 15.4. The maximum absolute atomic E-state index is 12.6. The van der Waals surface area contributed by atoms with Crippen LogP contribution in [0.1, 0.15) is 17.0 Å². The topological polar surface area (TPSA) is 62.5 Å². The van der Waals surface area contributed by atoms with Crippen LogP contribution in [0.2, 0.25) is 5.02 Å². The van der Waals surface area contributed by atoms with Crippen molar-refractivity contribution in [3.05, 3.63) is 70.6 Å². The van der Waals surface area contributed by atoms with Gasteiger partial charge in [-0.15, -0.1) is 10.2 Å². The molecule has 29 heavy (non-hydrogen) atoms. The largest absolute Gasteiger partial charge is 0.419 e. The molecule has 0 saturated carbocycles. The number of aromatic nitrogens is 2. The Morgan fingerprint density at radius 3 is 2.48 bits per heavy atom. The number of hydrogen-bond donors (Lipinski definition) is 0. The standard InChI is InChI=1S/C22H23ClN4O2/c1-16-4-2-3-5-18(16)14-21(28)27-12-10-26(11-13-27)15-20-24-25-22(29-20)17-6-8-19(23)9-7-17/h2-9H,10-15H2,1H3. The van der Waals surface area contributed by atoms with Crippen molar-refractivity contribution in [2.45, 2.75) is 19.9 Å². The van der Waals surface area contributed by atoms with Crippen LogP contribution in [-0.4, -0.2) is 52.1 Å². The Morgan fingerprint density at radius 2 is 1.76 bits per heavy atom. The molecule has 150 valence electrons. The van der Waals surface area contributed by atoms with Crippen LogP contribution >= 0.6 is 11.6 Å². The zero-order chi connectivity index (χ0) is 20.2. The van der Waals surface area contributed by atoms with E-state index in [4.69, 9.17) is 16.0 Å². The second-order valence-corrected chi connectivity index (χ2v) is 7.70. The third-order valence-corrected chi connectivity index (χ3v) is 5.50. The van der Waals surface area contributed by atoms with Crippen molar-refractivity contribution in [2.75, 3.05) is 26.2 Å². The van der Waals surface area contributed by atoms with Crippen LogP contribution in [0, 0.1) is 6.92 Å². The molecule has 0 radical (unpaired) electrons. The van der Waals surface area contributed by atoms with Crippen LogP contribution in [0.25, 0.3) is 11.5 Å². The molecule has 7 heteroatoms. The molecular formula is C22H23ClN4O2. The number of piperazine rings is 1. The molecule has 2 heterocycles. The molecule has 1 saturated heterocycles. The van der Waals surface area contributed by atoms with Gasteiger partial charge in [0.1, 0.15) is 0 Å². The molecule has 0 bridgehead atoms. The zero-order valence-electron chi connectivity index (χ0n) is 16.3. The average Bonchev–Trinajstić information content (AvgIpc) is 3.19. The molecule has 1 aliphatic heterocycles. The number of amides is 1. The number of carbonyl (C=O) groups excluding carboxylic acids is 1. The SMILES string of the molecule is Cc1ccccc1CC(=O)N1CCN(Cc2nnc(-c3ccc(Cl)cc3)o2)CC1. The highest BCUT2D eigenvalue weighted by Gasteiger charge is 2.23. The van der Waals surface area contributed by atoms with Gasteiger partial charge >= 0.3 is 0 Å². The highest BCUT2D eigenvalue weighted by atomic mass is 35.5. The summed E-state index contributed by atoms with van der Waals surface area (Å²) in [4.78, 5) is 16.8. The first kappa shape index (κ1) is 19.6. The number of hydrogen-bond acceptors (Lipinski definition) is 5. The van der Waals surface area contributed by atoms with E-state index in [1.807, 2.05) is 48.2 Å². The molecule has 1 amide bonds. The van der Waals surface area contributed by atoms with Crippen molar-refractivity contribution in [2.24, 2.45) is 0 Å². The lowest BCUT2D eigenvalue weighted by molar-refractivity contribution is -0.132. The first-order valence-corrected chi connectivity index (χ1v) is 10.1. The van der Waals surface area contributed by atoms with Gasteiger partial charge in [-0.2, -0.15) is 0 Å². The third kappa shape index (κ3) is 4.83. The minimum absolute atomic E-state index is 0.182. The highest BCUT2D eigenvalue weighted by molar-refractivity contribution is 6.30. The third-order valence-electron chi connectivity index (χ3n) is 5.24. The number of nitrogens with zero attached hydrogens (tertiary/aromatic N) is 4. The summed E-state index contributed by atoms with van der Waals surface area (Å²) >= 11 is 5.92. The average molecular weight is 411 g/mol. The molecule has 6 nitrogen and oxygen atoms in total. The molecule has 0 aliphatic carbocycles. The molecular weight excluding hydrogens is 388 g/mol. The van der Waals surface area contributed by atoms with Crippen LogP contribution in [-0.2, 0) is 17.8 Å². The Balaban J connectivity index is 1.29. The number of aryl methyl sites for hydroxylation is 1. The summed E-state index contributed by atoms with van der Waals surface area (Å²) in [6.45, 7) is 5.63. The van der Waals surface area contributed by atoms with E-state index in [-0.39, 0.29) is 5.91 Å². The van der Waals surface area contributed by atoms with Gasteiger partial charge in [0, 0.05) is 36.8 Å². The van der Waals surface area contributed by atoms with Crippen LogP contribution in [0.4, 0.5) is 0 Å². The Labute approximate surface area is 175 Å². The summed E-state index contributed by atoms with van der Waals surface area (Å²) in [5.74, 6) is 1.25. The van der Waals surface area contributed by atoms with Crippen molar-refractivity contribution < 1.29 is 9.21 Å². The van der Waals surface area contributed by atoms with Gasteiger partial charge in [0.2, 0.25) is 17.7 Å². The quantitative estimate of drug-likeness (QED) is 0.643. The molecule has 1 aliphatic rings. The fourth-order valence-corrected chi connectivity index (χ4v) is 3.58. The first-order chi connectivity index (χ1) is 14.1. The van der Waals surface area contributed by atoms with Gasteiger partial charge in [0.25, 0.3) is 0 Å². The van der Waals surface area contributed by atoms with E-state index in [1.54, 1.807) is 12.1 Å². The van der Waals surface area contributed by atoms with Crippen molar-refractivity contribution in [3.8, 4) is 11.5 Å². The summed E-state index contributed by atoms with van der Waals surface area (Å²) in [7, 11) is 0. The number of benzene rings is 2. The fraction of sp³-hybridized carbons (Fsp3) is 0.318. The molecule has 1 fully saturated rings. The molecule has 0 atom stereocenters. The van der Waals surface area contributed by atoms with Gasteiger partial charge in [-0.3, -0.25) is 9.69 Å². The van der Waals surface area contributed by atoms with E-state index in [0.29, 0.717) is 42.9 Å². The second kappa shape index (κ2) is 8.76. The molecule has 0 spiro atoms. The lowest BCUT2D eigenvalue weighted by atomic mass is 10.1. The van der Waals surface area contributed by atoms with Crippen LogP contribution in [0.15, 0.2) is 52.9 Å². The highest BCUT2D eigenvalue weighted by Crippen LogP contribution is 2.21. The summed E-state index contributed by atoms with van der Waals surface area (Å²) in [5.41, 5.74) is 3.10. The van der Waals surface area contributed by atoms with Gasteiger partial charge in [-0.1, -0.05) is 35.9 Å². The van der Waals surface area contributed by atoms with E-state index in [9.17, 15) is 4.79 Å². The van der Waals surface area contributed by atoms with Crippen molar-refractivity contribution >= 4 is 17.5 Å². The van der Waals surface area contributed by atoms with Crippen molar-refractivity contribution in [3.63, 3.8) is 0 Å². The molecule has 0 unspecified atom stereocenters. The lowest BCUT2D eigenvalue weighted by Crippen LogP contribution is -2.48. The van der Waals surface area contributed by atoms with Gasteiger partial charge < -0.3 is 9.32 Å². The Morgan fingerprint density at radius 1 is 1.03 bits per heavy atom. The van der Waals surface area contributed by atoms with E-state index in [1.165, 1.54) is 0 Å². The molecule has 0 N–H and O–H groups in total. The number of halogens is 1. The first-order valence-electron chi connectivity index (χ1n) is 9.71. The fourth-order valence-electron chi connectivity index (χ4n) is 3.46. The van der Waals surface area contributed by atoms with E-state index in [2.05, 4.69) is 15.1 Å². The van der Waals surface area contributed by atoms with Crippen molar-refractivity contribution in [1.29, 1.82) is 0 Å². The minimum atomic E-state index is 0.182. The van der Waals surface area contributed by atoms with Gasteiger partial charge in [-0.25, -0.2) is 0 Å². The van der Waals surface area contributed by atoms with Gasteiger partial charge in [0.15, 0.2) is 0 Å². The van der Waals surface area contributed by atoms with E-state index < -0.39 is 0 Å². The van der Waals surface area contributed by atoms with Crippen LogP contribution in [0.3, 0.4) is 0 Å².